The topological polar surface area (TPSA) is 32.3 Å². The molecule has 0 saturated carbocycles. The van der Waals surface area contributed by atoms with Crippen LogP contribution in [0.25, 0.3) is 0 Å². The van der Waals surface area contributed by atoms with Crippen LogP contribution in [0.5, 0.6) is 0 Å². The van der Waals surface area contributed by atoms with Crippen molar-refractivity contribution in [2.45, 2.75) is 37.6 Å². The average Bonchev–Trinajstić information content (AvgIpc) is 2.52. The first-order chi connectivity index (χ1) is 10.1. The molecule has 1 N–H and O–H groups in total. The molecule has 3 nitrogen and oxygen atoms in total. The van der Waals surface area contributed by atoms with Gasteiger partial charge in [-0.05, 0) is 64.1 Å². The monoisotopic (exact) mass is 306 g/mol. The predicted molar refractivity (Wildman–Crippen MR) is 90.0 cm³/mol. The SMILES string of the molecule is CSc1ccccc1C(=O)NCC1CCN(C(C)C)CC1. The van der Waals surface area contributed by atoms with Crippen molar-refractivity contribution in [1.82, 2.24) is 10.2 Å². The lowest BCUT2D eigenvalue weighted by Crippen LogP contribution is -2.41. The Hall–Kier alpha value is -1.00. The van der Waals surface area contributed by atoms with Gasteiger partial charge in [0.25, 0.3) is 5.91 Å². The largest absolute Gasteiger partial charge is 0.352 e. The zero-order valence-electron chi connectivity index (χ0n) is 13.3. The van der Waals surface area contributed by atoms with Crippen LogP contribution in [0.3, 0.4) is 0 Å². The molecule has 0 unspecified atom stereocenters. The molecule has 0 atom stereocenters. The second-order valence-corrected chi connectivity index (χ2v) is 6.83. The Balaban J connectivity index is 1.82. The van der Waals surface area contributed by atoms with E-state index in [1.54, 1.807) is 11.8 Å². The van der Waals surface area contributed by atoms with E-state index in [9.17, 15) is 4.79 Å². The number of benzene rings is 1. The third kappa shape index (κ3) is 4.48. The van der Waals surface area contributed by atoms with Gasteiger partial charge in [-0.1, -0.05) is 12.1 Å². The summed E-state index contributed by atoms with van der Waals surface area (Å²) in [7, 11) is 0. The Morgan fingerprint density at radius 1 is 1.33 bits per heavy atom. The molecule has 1 fully saturated rings. The summed E-state index contributed by atoms with van der Waals surface area (Å²) in [4.78, 5) is 15.9. The quantitative estimate of drug-likeness (QED) is 0.848. The predicted octanol–water partition coefficient (Wildman–Crippen LogP) is 3.26. The van der Waals surface area contributed by atoms with Crippen LogP contribution in [0, 0.1) is 5.92 Å². The minimum Gasteiger partial charge on any atom is -0.352 e. The van der Waals surface area contributed by atoms with E-state index in [1.165, 1.54) is 12.8 Å². The van der Waals surface area contributed by atoms with Crippen LogP contribution in [-0.2, 0) is 0 Å². The number of likely N-dealkylation sites (tertiary alicyclic amines) is 1. The van der Waals surface area contributed by atoms with E-state index in [1.807, 2.05) is 30.5 Å². The van der Waals surface area contributed by atoms with Gasteiger partial charge in [0.2, 0.25) is 0 Å². The number of hydrogen-bond acceptors (Lipinski definition) is 3. The summed E-state index contributed by atoms with van der Waals surface area (Å²) in [6.45, 7) is 7.61. The fraction of sp³-hybridized carbons (Fsp3) is 0.588. The molecule has 4 heteroatoms. The highest BCUT2D eigenvalue weighted by atomic mass is 32.2. The number of nitrogens with one attached hydrogen (secondary N) is 1. The molecule has 1 aromatic rings. The average molecular weight is 306 g/mol. The van der Waals surface area contributed by atoms with Crippen LogP contribution in [0.4, 0.5) is 0 Å². The van der Waals surface area contributed by atoms with Crippen molar-refractivity contribution in [1.29, 1.82) is 0 Å². The summed E-state index contributed by atoms with van der Waals surface area (Å²) < 4.78 is 0. The van der Waals surface area contributed by atoms with Gasteiger partial charge in [0, 0.05) is 17.5 Å². The van der Waals surface area contributed by atoms with Crippen molar-refractivity contribution in [2.75, 3.05) is 25.9 Å². The van der Waals surface area contributed by atoms with Gasteiger partial charge in [-0.25, -0.2) is 0 Å². The van der Waals surface area contributed by atoms with Gasteiger partial charge in [0.05, 0.1) is 5.56 Å². The number of carbonyl (C=O) groups excluding carboxylic acids is 1. The minimum absolute atomic E-state index is 0.0613. The molecule has 1 aliphatic heterocycles. The molecule has 0 aromatic heterocycles. The van der Waals surface area contributed by atoms with Crippen LogP contribution >= 0.6 is 11.8 Å². The van der Waals surface area contributed by atoms with E-state index >= 15 is 0 Å². The lowest BCUT2D eigenvalue weighted by atomic mass is 9.96. The lowest BCUT2D eigenvalue weighted by Gasteiger charge is -2.34. The highest BCUT2D eigenvalue weighted by Crippen LogP contribution is 2.21. The van der Waals surface area contributed by atoms with Crippen molar-refractivity contribution in [3.63, 3.8) is 0 Å². The molecule has 0 spiro atoms. The molecule has 0 bridgehead atoms. The molecular weight excluding hydrogens is 280 g/mol. The summed E-state index contributed by atoms with van der Waals surface area (Å²) in [5.41, 5.74) is 0.796. The molecule has 21 heavy (non-hydrogen) atoms. The third-order valence-corrected chi connectivity index (χ3v) is 5.08. The maximum atomic E-state index is 12.3. The van der Waals surface area contributed by atoms with Crippen LogP contribution in [-0.4, -0.2) is 42.7 Å². The lowest BCUT2D eigenvalue weighted by molar-refractivity contribution is 0.0927. The van der Waals surface area contributed by atoms with Crippen molar-refractivity contribution < 1.29 is 4.79 Å². The Morgan fingerprint density at radius 3 is 2.62 bits per heavy atom. The number of hydrogen-bond donors (Lipinski definition) is 1. The summed E-state index contributed by atoms with van der Waals surface area (Å²) >= 11 is 1.62. The Morgan fingerprint density at radius 2 is 2.00 bits per heavy atom. The number of piperidine rings is 1. The molecule has 0 radical (unpaired) electrons. The molecule has 116 valence electrons. The van der Waals surface area contributed by atoms with Gasteiger partial charge in [0.1, 0.15) is 0 Å². The van der Waals surface area contributed by atoms with Crippen LogP contribution in [0.1, 0.15) is 37.0 Å². The second-order valence-electron chi connectivity index (χ2n) is 5.98. The van der Waals surface area contributed by atoms with Gasteiger partial charge in [0.15, 0.2) is 0 Å². The zero-order chi connectivity index (χ0) is 15.2. The first-order valence-corrected chi connectivity index (χ1v) is 8.99. The molecule has 1 amide bonds. The fourth-order valence-corrected chi connectivity index (χ4v) is 3.43. The van der Waals surface area contributed by atoms with Gasteiger partial charge >= 0.3 is 0 Å². The van der Waals surface area contributed by atoms with E-state index in [0.717, 1.165) is 30.1 Å². The first kappa shape index (κ1) is 16.4. The van der Waals surface area contributed by atoms with E-state index in [2.05, 4.69) is 24.1 Å². The molecule has 2 rings (SSSR count). The van der Waals surface area contributed by atoms with Crippen LogP contribution in [0.2, 0.25) is 0 Å². The highest BCUT2D eigenvalue weighted by molar-refractivity contribution is 7.98. The summed E-state index contributed by atoms with van der Waals surface area (Å²) in [5, 5.41) is 3.12. The van der Waals surface area contributed by atoms with Crippen LogP contribution < -0.4 is 5.32 Å². The second kappa shape index (κ2) is 7.85. The normalized spacial score (nSPS) is 17.1. The smallest absolute Gasteiger partial charge is 0.252 e. The molecular formula is C17H26N2OS. The van der Waals surface area contributed by atoms with Crippen molar-refractivity contribution >= 4 is 17.7 Å². The molecule has 1 saturated heterocycles. The Bertz CT molecular complexity index is 468. The number of nitrogens with zero attached hydrogens (tertiary/aromatic N) is 1. The van der Waals surface area contributed by atoms with E-state index in [0.29, 0.717) is 12.0 Å². The molecule has 1 aliphatic rings. The van der Waals surface area contributed by atoms with Crippen molar-refractivity contribution in [3.05, 3.63) is 29.8 Å². The van der Waals surface area contributed by atoms with Crippen molar-refractivity contribution in [3.8, 4) is 0 Å². The van der Waals surface area contributed by atoms with Gasteiger partial charge in [-0.3, -0.25) is 4.79 Å². The molecule has 1 aromatic carbocycles. The van der Waals surface area contributed by atoms with E-state index in [-0.39, 0.29) is 5.91 Å². The van der Waals surface area contributed by atoms with Crippen molar-refractivity contribution in [2.24, 2.45) is 5.92 Å². The maximum absolute atomic E-state index is 12.3. The highest BCUT2D eigenvalue weighted by Gasteiger charge is 2.21. The van der Waals surface area contributed by atoms with E-state index in [4.69, 9.17) is 0 Å². The van der Waals surface area contributed by atoms with Crippen LogP contribution in [0.15, 0.2) is 29.2 Å². The first-order valence-electron chi connectivity index (χ1n) is 7.77. The summed E-state index contributed by atoms with van der Waals surface area (Å²) in [5.74, 6) is 0.677. The van der Waals surface area contributed by atoms with Gasteiger partial charge < -0.3 is 10.2 Å². The number of carbonyl (C=O) groups is 1. The maximum Gasteiger partial charge on any atom is 0.252 e. The molecule has 0 aliphatic carbocycles. The Labute approximate surface area is 132 Å². The number of thioether (sulfide) groups is 1. The fourth-order valence-electron chi connectivity index (χ4n) is 2.84. The number of rotatable bonds is 5. The Kier molecular flexibility index (Phi) is 6.12. The van der Waals surface area contributed by atoms with Gasteiger partial charge in [-0.15, -0.1) is 11.8 Å². The minimum atomic E-state index is 0.0613. The van der Waals surface area contributed by atoms with Gasteiger partial charge in [-0.2, -0.15) is 0 Å². The third-order valence-electron chi connectivity index (χ3n) is 4.28. The summed E-state index contributed by atoms with van der Waals surface area (Å²) in [6.07, 6.45) is 4.37. The number of amides is 1. The standard InChI is InChI=1S/C17H26N2OS/c1-13(2)19-10-8-14(9-11-19)12-18-17(20)15-6-4-5-7-16(15)21-3/h4-7,13-14H,8-12H2,1-3H3,(H,18,20). The summed E-state index contributed by atoms with van der Waals surface area (Å²) in [6, 6.07) is 8.44. The molecule has 1 heterocycles. The van der Waals surface area contributed by atoms with E-state index < -0.39 is 0 Å². The zero-order valence-corrected chi connectivity index (χ0v) is 14.1.